The van der Waals surface area contributed by atoms with Gasteiger partial charge >= 0.3 is 5.97 Å². The number of ketones is 1. The molecule has 0 radical (unpaired) electrons. The highest BCUT2D eigenvalue weighted by Gasteiger charge is 2.27. The number of carbonyl (C=O) groups excluding carboxylic acids is 1. The van der Waals surface area contributed by atoms with E-state index in [1.165, 1.54) is 0 Å². The lowest BCUT2D eigenvalue weighted by molar-refractivity contribution is -0.138. The SMILES string of the molecule is O=C(C[C@@H](C(=O)O)c1cn(Cc2ccccc2)c2ccccc12)c1ccccc1. The van der Waals surface area contributed by atoms with Gasteiger partial charge in [0.1, 0.15) is 0 Å². The maximum Gasteiger partial charge on any atom is 0.311 e. The number of nitrogens with zero attached hydrogens (tertiary/aromatic N) is 1. The van der Waals surface area contributed by atoms with Crippen LogP contribution in [0.4, 0.5) is 0 Å². The van der Waals surface area contributed by atoms with Crippen LogP contribution in [0, 0.1) is 0 Å². The number of para-hydroxylation sites is 1. The molecule has 1 aromatic heterocycles. The molecule has 4 heteroatoms. The average molecular weight is 383 g/mol. The van der Waals surface area contributed by atoms with E-state index in [-0.39, 0.29) is 12.2 Å². The van der Waals surface area contributed by atoms with E-state index in [0.717, 1.165) is 16.5 Å². The van der Waals surface area contributed by atoms with Crippen LogP contribution in [0.15, 0.2) is 91.1 Å². The van der Waals surface area contributed by atoms with Gasteiger partial charge in [-0.1, -0.05) is 78.9 Å². The van der Waals surface area contributed by atoms with E-state index in [2.05, 4.69) is 4.57 Å². The molecule has 0 aliphatic carbocycles. The van der Waals surface area contributed by atoms with Crippen molar-refractivity contribution in [3.8, 4) is 0 Å². The quantitative estimate of drug-likeness (QED) is 0.450. The summed E-state index contributed by atoms with van der Waals surface area (Å²) in [5.74, 6) is -2.06. The summed E-state index contributed by atoms with van der Waals surface area (Å²) in [6, 6.07) is 26.6. The van der Waals surface area contributed by atoms with Crippen molar-refractivity contribution in [3.63, 3.8) is 0 Å². The number of rotatable bonds is 7. The molecule has 4 nitrogen and oxygen atoms in total. The lowest BCUT2D eigenvalue weighted by Crippen LogP contribution is -2.16. The van der Waals surface area contributed by atoms with Crippen LogP contribution >= 0.6 is 0 Å². The van der Waals surface area contributed by atoms with Gasteiger partial charge in [-0.15, -0.1) is 0 Å². The second-order valence-electron chi connectivity index (χ2n) is 7.10. The van der Waals surface area contributed by atoms with E-state index in [1.54, 1.807) is 24.3 Å². The molecule has 4 aromatic rings. The third-order valence-corrected chi connectivity index (χ3v) is 5.17. The number of carboxylic acids is 1. The van der Waals surface area contributed by atoms with E-state index in [9.17, 15) is 14.7 Å². The Morgan fingerprint density at radius 2 is 1.45 bits per heavy atom. The van der Waals surface area contributed by atoms with Crippen molar-refractivity contribution < 1.29 is 14.7 Å². The van der Waals surface area contributed by atoms with E-state index < -0.39 is 11.9 Å². The minimum absolute atomic E-state index is 0.0707. The topological polar surface area (TPSA) is 59.3 Å². The summed E-state index contributed by atoms with van der Waals surface area (Å²) >= 11 is 0. The molecule has 0 fully saturated rings. The second-order valence-corrected chi connectivity index (χ2v) is 7.10. The van der Waals surface area contributed by atoms with Crippen LogP contribution in [0.3, 0.4) is 0 Å². The predicted octanol–water partition coefficient (Wildman–Crippen LogP) is 5.13. The number of aromatic nitrogens is 1. The van der Waals surface area contributed by atoms with Crippen molar-refractivity contribution in [3.05, 3.63) is 108 Å². The van der Waals surface area contributed by atoms with Gasteiger partial charge in [0.2, 0.25) is 0 Å². The van der Waals surface area contributed by atoms with Crippen LogP contribution in [0.25, 0.3) is 10.9 Å². The van der Waals surface area contributed by atoms with Gasteiger partial charge in [0.15, 0.2) is 5.78 Å². The zero-order valence-corrected chi connectivity index (χ0v) is 15.9. The van der Waals surface area contributed by atoms with Crippen LogP contribution in [0.5, 0.6) is 0 Å². The highest BCUT2D eigenvalue weighted by atomic mass is 16.4. The fraction of sp³-hybridized carbons (Fsp3) is 0.120. The number of Topliss-reactive ketones (excluding diaryl/α,β-unsaturated/α-hetero) is 1. The highest BCUT2D eigenvalue weighted by Crippen LogP contribution is 2.31. The van der Waals surface area contributed by atoms with Crippen LogP contribution < -0.4 is 0 Å². The molecule has 0 amide bonds. The largest absolute Gasteiger partial charge is 0.481 e. The molecule has 144 valence electrons. The van der Waals surface area contributed by atoms with Crippen LogP contribution in [-0.2, 0) is 11.3 Å². The van der Waals surface area contributed by atoms with Crippen LogP contribution in [0.2, 0.25) is 0 Å². The zero-order chi connectivity index (χ0) is 20.2. The van der Waals surface area contributed by atoms with E-state index in [0.29, 0.717) is 17.7 Å². The smallest absolute Gasteiger partial charge is 0.311 e. The van der Waals surface area contributed by atoms with Crippen LogP contribution in [-0.4, -0.2) is 21.4 Å². The molecule has 1 N–H and O–H groups in total. The van der Waals surface area contributed by atoms with Gasteiger partial charge in [0, 0.05) is 35.6 Å². The van der Waals surface area contributed by atoms with Gasteiger partial charge in [0.25, 0.3) is 0 Å². The van der Waals surface area contributed by atoms with Crippen molar-refractivity contribution in [1.82, 2.24) is 4.57 Å². The Kier molecular flexibility index (Phi) is 5.25. The Morgan fingerprint density at radius 1 is 0.828 bits per heavy atom. The van der Waals surface area contributed by atoms with Crippen molar-refractivity contribution >= 4 is 22.7 Å². The summed E-state index contributed by atoms with van der Waals surface area (Å²) in [7, 11) is 0. The molecule has 3 aromatic carbocycles. The zero-order valence-electron chi connectivity index (χ0n) is 15.9. The van der Waals surface area contributed by atoms with Gasteiger partial charge in [0.05, 0.1) is 5.92 Å². The average Bonchev–Trinajstić information content (AvgIpc) is 3.11. The number of fused-ring (bicyclic) bond motifs is 1. The molecule has 0 unspecified atom stereocenters. The van der Waals surface area contributed by atoms with Crippen molar-refractivity contribution in [2.24, 2.45) is 0 Å². The molecular weight excluding hydrogens is 362 g/mol. The first kappa shape index (κ1) is 18.7. The first-order valence-electron chi connectivity index (χ1n) is 9.56. The molecule has 1 atom stereocenters. The lowest BCUT2D eigenvalue weighted by atomic mass is 9.91. The highest BCUT2D eigenvalue weighted by molar-refractivity contribution is 6.00. The molecule has 29 heavy (non-hydrogen) atoms. The fourth-order valence-electron chi connectivity index (χ4n) is 3.72. The Morgan fingerprint density at radius 3 is 2.14 bits per heavy atom. The Labute approximate surface area is 169 Å². The van der Waals surface area contributed by atoms with Gasteiger partial charge in [-0.2, -0.15) is 0 Å². The number of benzene rings is 3. The van der Waals surface area contributed by atoms with Crippen LogP contribution in [0.1, 0.15) is 33.8 Å². The van der Waals surface area contributed by atoms with Crippen molar-refractivity contribution in [2.75, 3.05) is 0 Å². The molecular formula is C25H21NO3. The lowest BCUT2D eigenvalue weighted by Gasteiger charge is -2.11. The molecule has 0 saturated carbocycles. The summed E-state index contributed by atoms with van der Waals surface area (Å²) in [5, 5.41) is 10.8. The fourth-order valence-corrected chi connectivity index (χ4v) is 3.72. The number of aliphatic carboxylic acids is 1. The minimum atomic E-state index is -0.989. The summed E-state index contributed by atoms with van der Waals surface area (Å²) in [4.78, 5) is 24.8. The van der Waals surface area contributed by atoms with Gasteiger partial charge in [-0.3, -0.25) is 9.59 Å². The predicted molar refractivity (Wildman–Crippen MR) is 113 cm³/mol. The maximum atomic E-state index is 12.7. The van der Waals surface area contributed by atoms with Crippen molar-refractivity contribution in [2.45, 2.75) is 18.9 Å². The van der Waals surface area contributed by atoms with E-state index >= 15 is 0 Å². The number of hydrogen-bond donors (Lipinski definition) is 1. The molecule has 0 aliphatic heterocycles. The number of hydrogen-bond acceptors (Lipinski definition) is 2. The first-order valence-corrected chi connectivity index (χ1v) is 9.56. The molecule has 0 aliphatic rings. The molecule has 0 bridgehead atoms. The van der Waals surface area contributed by atoms with Crippen molar-refractivity contribution in [1.29, 1.82) is 0 Å². The molecule has 0 saturated heterocycles. The minimum Gasteiger partial charge on any atom is -0.481 e. The summed E-state index contributed by atoms with van der Waals surface area (Å²) < 4.78 is 2.06. The van der Waals surface area contributed by atoms with Gasteiger partial charge in [-0.05, 0) is 17.2 Å². The summed E-state index contributed by atoms with van der Waals surface area (Å²) in [5.41, 5.74) is 3.30. The standard InChI is InChI=1S/C25H21NO3/c27-24(19-11-5-2-6-12-19)15-21(25(28)29)22-17-26(16-18-9-3-1-4-10-18)23-14-8-7-13-20(22)23/h1-14,17,21H,15-16H2,(H,28,29)/t21-/m1/s1. The molecule has 0 spiro atoms. The first-order chi connectivity index (χ1) is 14.1. The maximum absolute atomic E-state index is 12.7. The summed E-state index contributed by atoms with van der Waals surface area (Å²) in [6.45, 7) is 0.639. The second kappa shape index (κ2) is 8.15. The monoisotopic (exact) mass is 383 g/mol. The summed E-state index contributed by atoms with van der Waals surface area (Å²) in [6.07, 6.45) is 1.81. The third-order valence-electron chi connectivity index (χ3n) is 5.17. The number of carboxylic acid groups (broad SMARTS) is 1. The number of carbonyl (C=O) groups is 2. The Bertz CT molecular complexity index is 1150. The Balaban J connectivity index is 1.72. The van der Waals surface area contributed by atoms with E-state index in [1.807, 2.05) is 66.9 Å². The molecule has 1 heterocycles. The van der Waals surface area contributed by atoms with Gasteiger partial charge < -0.3 is 9.67 Å². The van der Waals surface area contributed by atoms with Gasteiger partial charge in [-0.25, -0.2) is 0 Å². The Hall–Kier alpha value is -3.66. The normalized spacial score (nSPS) is 12.0. The third kappa shape index (κ3) is 3.97. The van der Waals surface area contributed by atoms with E-state index in [4.69, 9.17) is 0 Å². The molecule has 4 rings (SSSR count).